The minimum atomic E-state index is 0.561. The molecule has 0 spiro atoms. The number of hydrogen-bond acceptors (Lipinski definition) is 1. The molecule has 0 aromatic heterocycles. The van der Waals surface area contributed by atoms with Crippen LogP contribution in [0, 0.1) is 11.8 Å². The first kappa shape index (κ1) is 11.8. The Kier molecular flexibility index (Phi) is 5.39. The van der Waals surface area contributed by atoms with Gasteiger partial charge in [-0.2, -0.15) is 0 Å². The lowest BCUT2D eigenvalue weighted by molar-refractivity contribution is 0.706. The quantitative estimate of drug-likeness (QED) is 0.593. The van der Waals surface area contributed by atoms with E-state index in [2.05, 4.69) is 45.9 Å². The highest BCUT2D eigenvalue weighted by Gasteiger charge is 2.09. The van der Waals surface area contributed by atoms with Gasteiger partial charge in [0.15, 0.2) is 0 Å². The Hall–Kier alpha value is -0.170. The van der Waals surface area contributed by atoms with Gasteiger partial charge in [-0.1, -0.05) is 34.3 Å². The van der Waals surface area contributed by atoms with Crippen LogP contribution in [-0.4, -0.2) is 6.26 Å². The average molecular weight is 184 g/mol. The average Bonchev–Trinajstić information content (AvgIpc) is 1.98. The lowest BCUT2D eigenvalue weighted by Crippen LogP contribution is -2.02. The smallest absolute Gasteiger partial charge is 0.0142 e. The molecule has 0 rings (SSSR count). The molecule has 0 aliphatic rings. The van der Waals surface area contributed by atoms with Gasteiger partial charge in [-0.3, -0.25) is 0 Å². The summed E-state index contributed by atoms with van der Waals surface area (Å²) in [7, 11) is 0. The van der Waals surface area contributed by atoms with Crippen LogP contribution in [0.25, 0.3) is 0 Å². The molecule has 0 unspecified atom stereocenters. The molecule has 0 saturated carbocycles. The van der Waals surface area contributed by atoms with Crippen molar-refractivity contribution in [2.24, 2.45) is 11.8 Å². The fourth-order valence-electron chi connectivity index (χ4n) is 1.04. The van der Waals surface area contributed by atoms with Crippen molar-refractivity contribution in [1.82, 2.24) is 0 Å². The van der Waals surface area contributed by atoms with Crippen molar-refractivity contribution in [2.75, 3.05) is 6.26 Å². The van der Waals surface area contributed by atoms with E-state index in [-0.39, 0.29) is 0 Å². The lowest BCUT2D eigenvalue weighted by Gasteiger charge is -2.17. The second kappa shape index (κ2) is 5.47. The molecular weight excluding hydrogens is 164 g/mol. The summed E-state index contributed by atoms with van der Waals surface area (Å²) in [6.07, 6.45) is 2.09. The van der Waals surface area contributed by atoms with Gasteiger partial charge in [0.1, 0.15) is 0 Å². The molecule has 0 fully saturated rings. The highest BCUT2D eigenvalue weighted by Crippen LogP contribution is 2.25. The zero-order valence-electron chi connectivity index (χ0n) is 8.85. The van der Waals surface area contributed by atoms with Crippen LogP contribution in [0.5, 0.6) is 0 Å². The van der Waals surface area contributed by atoms with Crippen molar-refractivity contribution in [1.29, 1.82) is 0 Å². The molecule has 0 aromatic rings. The molecular formula is C11H20S. The second-order valence-electron chi connectivity index (χ2n) is 3.64. The Morgan fingerprint density at radius 3 is 1.92 bits per heavy atom. The first-order valence-corrected chi connectivity index (χ1v) is 5.71. The summed E-state index contributed by atoms with van der Waals surface area (Å²) in [6, 6.07) is 0. The molecule has 0 aliphatic carbocycles. The molecule has 0 radical (unpaired) electrons. The van der Waals surface area contributed by atoms with Crippen LogP contribution in [0.15, 0.2) is 23.1 Å². The van der Waals surface area contributed by atoms with Crippen molar-refractivity contribution >= 4 is 11.8 Å². The fourth-order valence-corrected chi connectivity index (χ4v) is 1.72. The topological polar surface area (TPSA) is 0 Å². The molecule has 0 saturated heterocycles. The summed E-state index contributed by atoms with van der Waals surface area (Å²) in [5.74, 6) is 1.15. The van der Waals surface area contributed by atoms with E-state index in [4.69, 9.17) is 0 Å². The molecule has 0 N–H and O–H groups in total. The van der Waals surface area contributed by atoms with E-state index in [9.17, 15) is 0 Å². The van der Waals surface area contributed by atoms with Gasteiger partial charge < -0.3 is 0 Å². The van der Waals surface area contributed by atoms with Crippen molar-refractivity contribution in [3.63, 3.8) is 0 Å². The van der Waals surface area contributed by atoms with E-state index < -0.39 is 0 Å². The molecule has 0 atom stereocenters. The van der Waals surface area contributed by atoms with Gasteiger partial charge in [-0.25, -0.2) is 0 Å². The van der Waals surface area contributed by atoms with Gasteiger partial charge in [0, 0.05) is 0 Å². The maximum Gasteiger partial charge on any atom is -0.0142 e. The number of thioether (sulfide) groups is 1. The maximum absolute atomic E-state index is 4.11. The Morgan fingerprint density at radius 2 is 1.67 bits per heavy atom. The van der Waals surface area contributed by atoms with Crippen molar-refractivity contribution in [3.05, 3.63) is 23.1 Å². The predicted octanol–water partition coefficient (Wildman–Crippen LogP) is 4.10. The molecule has 0 amide bonds. The Balaban J connectivity index is 4.53. The summed E-state index contributed by atoms with van der Waals surface area (Å²) in [6.45, 7) is 12.9. The van der Waals surface area contributed by atoms with Crippen molar-refractivity contribution < 1.29 is 0 Å². The molecule has 0 bridgehead atoms. The third-order valence-corrected chi connectivity index (χ3v) is 2.42. The number of rotatable bonds is 4. The summed E-state index contributed by atoms with van der Waals surface area (Å²) < 4.78 is 0. The highest BCUT2D eigenvalue weighted by atomic mass is 32.2. The van der Waals surface area contributed by atoms with Gasteiger partial charge in [0.05, 0.1) is 0 Å². The van der Waals surface area contributed by atoms with Crippen LogP contribution in [0.1, 0.15) is 27.7 Å². The number of hydrogen-bond donors (Lipinski definition) is 0. The molecule has 0 nitrogen and oxygen atoms in total. The third kappa shape index (κ3) is 3.48. The van der Waals surface area contributed by atoms with Gasteiger partial charge in [-0.05, 0) is 34.6 Å². The normalized spacial score (nSPS) is 12.8. The maximum atomic E-state index is 4.11. The third-order valence-electron chi connectivity index (χ3n) is 1.93. The van der Waals surface area contributed by atoms with Gasteiger partial charge in [0.25, 0.3) is 0 Å². The minimum absolute atomic E-state index is 0.561. The number of allylic oxidation sites excluding steroid dienone is 2. The van der Waals surface area contributed by atoms with Gasteiger partial charge in [0.2, 0.25) is 0 Å². The largest absolute Gasteiger partial charge is 0.137 e. The van der Waals surface area contributed by atoms with E-state index in [0.29, 0.717) is 11.8 Å². The first-order valence-electron chi connectivity index (χ1n) is 4.42. The lowest BCUT2D eigenvalue weighted by atomic mass is 9.91. The molecule has 70 valence electrons. The van der Waals surface area contributed by atoms with Crippen molar-refractivity contribution in [2.45, 2.75) is 27.7 Å². The summed E-state index contributed by atoms with van der Waals surface area (Å²) in [5.41, 5.74) is 2.68. The van der Waals surface area contributed by atoms with Crippen LogP contribution >= 0.6 is 11.8 Å². The zero-order chi connectivity index (χ0) is 9.72. The minimum Gasteiger partial charge on any atom is -0.137 e. The van der Waals surface area contributed by atoms with Crippen LogP contribution in [0.3, 0.4) is 0 Å². The summed E-state index contributed by atoms with van der Waals surface area (Å²) >= 11 is 1.76. The van der Waals surface area contributed by atoms with Crippen LogP contribution < -0.4 is 0 Å². The molecule has 1 heteroatoms. The monoisotopic (exact) mass is 184 g/mol. The van der Waals surface area contributed by atoms with Crippen LogP contribution in [0.2, 0.25) is 0 Å². The first-order chi connectivity index (χ1) is 5.50. The molecule has 12 heavy (non-hydrogen) atoms. The SMILES string of the molecule is C=C(/C(=C\SC)C(C)C)C(C)C. The van der Waals surface area contributed by atoms with Crippen molar-refractivity contribution in [3.8, 4) is 0 Å². The molecule has 0 aromatic carbocycles. The summed E-state index contributed by atoms with van der Waals surface area (Å²) in [4.78, 5) is 0. The standard InChI is InChI=1S/C11H20S/c1-8(2)10(5)11(7-12-6)9(3)4/h7-9H,5H2,1-4,6H3/b11-7-. The van der Waals surface area contributed by atoms with E-state index in [1.54, 1.807) is 11.8 Å². The Morgan fingerprint density at radius 1 is 1.17 bits per heavy atom. The van der Waals surface area contributed by atoms with E-state index >= 15 is 0 Å². The summed E-state index contributed by atoms with van der Waals surface area (Å²) in [5, 5.41) is 2.22. The molecule has 0 heterocycles. The predicted molar refractivity (Wildman–Crippen MR) is 60.4 cm³/mol. The van der Waals surface area contributed by atoms with Gasteiger partial charge >= 0.3 is 0 Å². The van der Waals surface area contributed by atoms with Crippen LogP contribution in [0.4, 0.5) is 0 Å². The fraction of sp³-hybridized carbons (Fsp3) is 0.636. The van der Waals surface area contributed by atoms with E-state index in [0.717, 1.165) is 0 Å². The van der Waals surface area contributed by atoms with Crippen LogP contribution in [-0.2, 0) is 0 Å². The Bertz CT molecular complexity index is 175. The highest BCUT2D eigenvalue weighted by molar-refractivity contribution is 8.01. The van der Waals surface area contributed by atoms with E-state index in [1.807, 2.05) is 0 Å². The Labute approximate surface area is 81.1 Å². The van der Waals surface area contributed by atoms with E-state index in [1.165, 1.54) is 11.1 Å². The van der Waals surface area contributed by atoms with Gasteiger partial charge in [-0.15, -0.1) is 11.8 Å². The molecule has 0 aliphatic heterocycles. The second-order valence-corrected chi connectivity index (χ2v) is 4.35. The zero-order valence-corrected chi connectivity index (χ0v) is 9.66.